The Labute approximate surface area is 107 Å². The zero-order chi connectivity index (χ0) is 11.5. The zero-order valence-electron chi connectivity index (χ0n) is 9.64. The number of anilines is 1. The van der Waals surface area contributed by atoms with Gasteiger partial charge in [0.1, 0.15) is 0 Å². The average Bonchev–Trinajstić information content (AvgIpc) is 2.68. The minimum atomic E-state index is -0.409. The van der Waals surface area contributed by atoms with E-state index in [0.717, 1.165) is 11.3 Å². The van der Waals surface area contributed by atoms with Crippen LogP contribution in [-0.2, 0) is 4.79 Å². The third kappa shape index (κ3) is 3.70. The molecule has 0 radical (unpaired) electrons. The highest BCUT2D eigenvalue weighted by atomic mass is 35.5. The van der Waals surface area contributed by atoms with E-state index in [1.54, 1.807) is 0 Å². The molecule has 1 aliphatic rings. The van der Waals surface area contributed by atoms with Gasteiger partial charge in [0, 0.05) is 12.2 Å². The Hall–Kier alpha value is -1.10. The number of aryl methyl sites for hydroxylation is 1. The summed E-state index contributed by atoms with van der Waals surface area (Å²) in [5.74, 6) is -0.0830. The van der Waals surface area contributed by atoms with Crippen molar-refractivity contribution in [2.75, 3.05) is 11.9 Å². The first-order valence-corrected chi connectivity index (χ1v) is 5.44. The second kappa shape index (κ2) is 6.00. The van der Waals surface area contributed by atoms with Crippen LogP contribution in [0.2, 0.25) is 0 Å². The fraction of sp³-hybridized carbons (Fsp3) is 0.417. The summed E-state index contributed by atoms with van der Waals surface area (Å²) in [5, 5.41) is 15.1. The van der Waals surface area contributed by atoms with Gasteiger partial charge in [0.05, 0.1) is 12.1 Å². The number of carbonyl (C=O) groups is 1. The third-order valence-electron chi connectivity index (χ3n) is 2.74. The van der Waals surface area contributed by atoms with Gasteiger partial charge in [-0.15, -0.1) is 12.4 Å². The van der Waals surface area contributed by atoms with Crippen molar-refractivity contribution in [2.45, 2.75) is 25.5 Å². The van der Waals surface area contributed by atoms with Gasteiger partial charge < -0.3 is 15.7 Å². The van der Waals surface area contributed by atoms with Crippen molar-refractivity contribution in [3.8, 4) is 0 Å². The standard InChI is InChI=1S/C12H16N2O2.ClH/c1-8-2-4-9(5-3-8)14-12(16)11-6-10(15)7-13-11;/h2-5,10-11,13,15H,6-7H2,1H3,(H,14,16);1H. The Morgan fingerprint density at radius 3 is 2.59 bits per heavy atom. The maximum Gasteiger partial charge on any atom is 0.241 e. The molecule has 4 nitrogen and oxygen atoms in total. The molecule has 1 saturated heterocycles. The summed E-state index contributed by atoms with van der Waals surface area (Å²) in [4.78, 5) is 11.8. The Balaban J connectivity index is 0.00000144. The summed E-state index contributed by atoms with van der Waals surface area (Å²) in [5.41, 5.74) is 1.95. The lowest BCUT2D eigenvalue weighted by Gasteiger charge is -2.10. The van der Waals surface area contributed by atoms with Crippen LogP contribution in [0.15, 0.2) is 24.3 Å². The van der Waals surface area contributed by atoms with E-state index in [9.17, 15) is 9.90 Å². The van der Waals surface area contributed by atoms with Crippen molar-refractivity contribution in [1.82, 2.24) is 5.32 Å². The van der Waals surface area contributed by atoms with Crippen molar-refractivity contribution in [1.29, 1.82) is 0 Å². The summed E-state index contributed by atoms with van der Waals surface area (Å²) < 4.78 is 0. The zero-order valence-corrected chi connectivity index (χ0v) is 10.5. The van der Waals surface area contributed by atoms with E-state index in [1.807, 2.05) is 31.2 Å². The van der Waals surface area contributed by atoms with Crippen LogP contribution in [0.4, 0.5) is 5.69 Å². The second-order valence-electron chi connectivity index (χ2n) is 4.21. The smallest absolute Gasteiger partial charge is 0.241 e. The number of aliphatic hydroxyl groups is 1. The second-order valence-corrected chi connectivity index (χ2v) is 4.21. The van der Waals surface area contributed by atoms with Crippen molar-refractivity contribution >= 4 is 24.0 Å². The molecule has 0 aromatic heterocycles. The fourth-order valence-electron chi connectivity index (χ4n) is 1.78. The molecule has 0 bridgehead atoms. The molecule has 94 valence electrons. The molecule has 0 aliphatic carbocycles. The number of nitrogens with one attached hydrogen (secondary N) is 2. The van der Waals surface area contributed by atoms with Crippen molar-refractivity contribution in [3.63, 3.8) is 0 Å². The quantitative estimate of drug-likeness (QED) is 0.742. The molecule has 2 rings (SSSR count). The number of aliphatic hydroxyl groups excluding tert-OH is 1. The average molecular weight is 257 g/mol. The summed E-state index contributed by atoms with van der Waals surface area (Å²) in [6, 6.07) is 7.37. The van der Waals surface area contributed by atoms with Crippen LogP contribution >= 0.6 is 12.4 Å². The highest BCUT2D eigenvalue weighted by Gasteiger charge is 2.27. The number of hydrogen-bond donors (Lipinski definition) is 3. The van der Waals surface area contributed by atoms with Crippen molar-refractivity contribution in [2.24, 2.45) is 0 Å². The van der Waals surface area contributed by atoms with Gasteiger partial charge in [0.25, 0.3) is 0 Å². The maximum atomic E-state index is 11.8. The SMILES string of the molecule is Cc1ccc(NC(=O)C2CC(O)CN2)cc1.Cl. The maximum absolute atomic E-state index is 11.8. The number of carbonyl (C=O) groups excluding carboxylic acids is 1. The lowest BCUT2D eigenvalue weighted by Crippen LogP contribution is -2.35. The first kappa shape index (κ1) is 14.0. The molecule has 3 N–H and O–H groups in total. The van der Waals surface area contributed by atoms with Crippen LogP contribution in [0, 0.1) is 6.92 Å². The van der Waals surface area contributed by atoms with E-state index in [0.29, 0.717) is 13.0 Å². The van der Waals surface area contributed by atoms with E-state index in [1.165, 1.54) is 0 Å². The molecule has 1 aromatic carbocycles. The summed E-state index contributed by atoms with van der Waals surface area (Å²) >= 11 is 0. The van der Waals surface area contributed by atoms with Gasteiger partial charge in [0.15, 0.2) is 0 Å². The van der Waals surface area contributed by atoms with Gasteiger partial charge in [-0.25, -0.2) is 0 Å². The number of halogens is 1. The van der Waals surface area contributed by atoms with Gasteiger partial charge >= 0.3 is 0 Å². The molecule has 17 heavy (non-hydrogen) atoms. The Bertz CT molecular complexity index is 381. The summed E-state index contributed by atoms with van der Waals surface area (Å²) in [7, 11) is 0. The number of amides is 1. The van der Waals surface area contributed by atoms with Crippen LogP contribution in [0.3, 0.4) is 0 Å². The largest absolute Gasteiger partial charge is 0.392 e. The van der Waals surface area contributed by atoms with Crippen LogP contribution in [0.25, 0.3) is 0 Å². The molecular weight excluding hydrogens is 240 g/mol. The molecule has 5 heteroatoms. The Morgan fingerprint density at radius 2 is 2.06 bits per heavy atom. The number of hydrogen-bond acceptors (Lipinski definition) is 3. The van der Waals surface area contributed by atoms with E-state index in [-0.39, 0.29) is 24.4 Å². The van der Waals surface area contributed by atoms with Crippen LogP contribution in [0.1, 0.15) is 12.0 Å². The minimum Gasteiger partial charge on any atom is -0.392 e. The molecule has 1 aromatic rings. The number of benzene rings is 1. The topological polar surface area (TPSA) is 61.4 Å². The minimum absolute atomic E-state index is 0. The van der Waals surface area contributed by atoms with Crippen LogP contribution in [0.5, 0.6) is 0 Å². The van der Waals surface area contributed by atoms with E-state index < -0.39 is 6.10 Å². The van der Waals surface area contributed by atoms with Gasteiger partial charge in [-0.3, -0.25) is 4.79 Å². The predicted molar refractivity (Wildman–Crippen MR) is 69.5 cm³/mol. The summed E-state index contributed by atoms with van der Waals surface area (Å²) in [6.07, 6.45) is 0.0753. The van der Waals surface area contributed by atoms with Crippen molar-refractivity contribution < 1.29 is 9.90 Å². The van der Waals surface area contributed by atoms with Gasteiger partial charge in [0.2, 0.25) is 5.91 Å². The molecule has 2 atom stereocenters. The first-order valence-electron chi connectivity index (χ1n) is 5.44. The first-order chi connectivity index (χ1) is 7.65. The van der Waals surface area contributed by atoms with Gasteiger partial charge in [-0.2, -0.15) is 0 Å². The highest BCUT2D eigenvalue weighted by molar-refractivity contribution is 5.95. The Kier molecular flexibility index (Phi) is 4.93. The number of β-amino-alcohol motifs (C(OH)–C–C–N with tert-alkyl or cyclic N) is 1. The van der Waals surface area contributed by atoms with E-state index >= 15 is 0 Å². The normalized spacial score (nSPS) is 22.9. The highest BCUT2D eigenvalue weighted by Crippen LogP contribution is 2.12. The van der Waals surface area contributed by atoms with E-state index in [2.05, 4.69) is 10.6 Å². The molecule has 2 unspecified atom stereocenters. The summed E-state index contributed by atoms with van der Waals surface area (Å²) in [6.45, 7) is 2.49. The lowest BCUT2D eigenvalue weighted by atomic mass is 10.2. The molecule has 1 amide bonds. The molecule has 0 saturated carbocycles. The third-order valence-corrected chi connectivity index (χ3v) is 2.74. The predicted octanol–water partition coefficient (Wildman–Crippen LogP) is 1.08. The van der Waals surface area contributed by atoms with E-state index in [4.69, 9.17) is 0 Å². The Morgan fingerprint density at radius 1 is 1.41 bits per heavy atom. The number of rotatable bonds is 2. The van der Waals surface area contributed by atoms with Crippen LogP contribution < -0.4 is 10.6 Å². The molecule has 1 aliphatic heterocycles. The molecule has 0 spiro atoms. The van der Waals surface area contributed by atoms with Crippen LogP contribution in [-0.4, -0.2) is 29.7 Å². The van der Waals surface area contributed by atoms with Crippen molar-refractivity contribution in [3.05, 3.63) is 29.8 Å². The monoisotopic (exact) mass is 256 g/mol. The van der Waals surface area contributed by atoms with Gasteiger partial charge in [-0.05, 0) is 25.5 Å². The molecule has 1 heterocycles. The van der Waals surface area contributed by atoms with Gasteiger partial charge in [-0.1, -0.05) is 17.7 Å². The lowest BCUT2D eigenvalue weighted by molar-refractivity contribution is -0.117. The molecular formula is C12H17ClN2O2. The molecule has 1 fully saturated rings. The fourth-order valence-corrected chi connectivity index (χ4v) is 1.78.